The molecule has 0 aliphatic heterocycles. The molecule has 0 aliphatic carbocycles. The van der Waals surface area contributed by atoms with E-state index in [2.05, 4.69) is 27.9 Å². The third-order valence-corrected chi connectivity index (χ3v) is 3.56. The summed E-state index contributed by atoms with van der Waals surface area (Å²) in [4.78, 5) is 11.8. The van der Waals surface area contributed by atoms with Crippen LogP contribution in [-0.4, -0.2) is 16.9 Å². The Balaban J connectivity index is 2.24. The molecule has 0 unspecified atom stereocenters. The van der Waals surface area contributed by atoms with E-state index in [1.165, 1.54) is 23.7 Å². The zero-order chi connectivity index (χ0) is 12.5. The molecule has 0 aromatic heterocycles. The Bertz CT molecular complexity index is 357. The molecule has 1 rings (SSSR count). The molecule has 0 bridgehead atoms. The van der Waals surface area contributed by atoms with Gasteiger partial charge in [-0.1, -0.05) is 59.2 Å². The maximum atomic E-state index is 11.8. The van der Waals surface area contributed by atoms with Crippen molar-refractivity contribution in [2.75, 3.05) is 11.0 Å². The fourth-order valence-electron chi connectivity index (χ4n) is 1.52. The molecule has 0 radical (unpaired) electrons. The fraction of sp³-hybridized carbons (Fsp3) is 0.462. The summed E-state index contributed by atoms with van der Waals surface area (Å²) in [5.41, 5.74) is 0.557. The van der Waals surface area contributed by atoms with Crippen LogP contribution in [0.4, 0.5) is 0 Å². The molecule has 1 N–H and O–H groups in total. The highest BCUT2D eigenvalue weighted by atomic mass is 127. The summed E-state index contributed by atoms with van der Waals surface area (Å²) in [6, 6.07) is 7.12. The SMILES string of the molecule is O=C(NCCCCCCI)c1ccccc1Cl. The first-order valence-corrected chi connectivity index (χ1v) is 7.74. The summed E-state index contributed by atoms with van der Waals surface area (Å²) < 4.78 is 1.21. The number of amides is 1. The lowest BCUT2D eigenvalue weighted by Crippen LogP contribution is -2.24. The molecule has 0 aliphatic rings. The van der Waals surface area contributed by atoms with Crippen molar-refractivity contribution in [1.82, 2.24) is 5.32 Å². The van der Waals surface area contributed by atoms with Gasteiger partial charge in [0.25, 0.3) is 5.91 Å². The second-order valence-electron chi connectivity index (χ2n) is 3.84. The molecular weight excluding hydrogens is 349 g/mol. The van der Waals surface area contributed by atoms with Gasteiger partial charge in [0.05, 0.1) is 10.6 Å². The van der Waals surface area contributed by atoms with E-state index in [0.29, 0.717) is 10.6 Å². The van der Waals surface area contributed by atoms with E-state index in [4.69, 9.17) is 11.6 Å². The standard InChI is InChI=1S/C13H17ClINO/c14-12-8-4-3-7-11(12)13(17)16-10-6-2-1-5-9-15/h3-4,7-8H,1-2,5-6,9-10H2,(H,16,17). The molecular formula is C13H17ClINO. The summed E-state index contributed by atoms with van der Waals surface area (Å²) in [5.74, 6) is -0.0792. The Morgan fingerprint density at radius 3 is 2.59 bits per heavy atom. The average Bonchev–Trinajstić information content (AvgIpc) is 2.34. The normalized spacial score (nSPS) is 10.2. The highest BCUT2D eigenvalue weighted by Crippen LogP contribution is 2.14. The van der Waals surface area contributed by atoms with Crippen LogP contribution in [0.2, 0.25) is 5.02 Å². The molecule has 2 nitrogen and oxygen atoms in total. The van der Waals surface area contributed by atoms with E-state index in [-0.39, 0.29) is 5.91 Å². The van der Waals surface area contributed by atoms with Gasteiger partial charge in [0.1, 0.15) is 0 Å². The second-order valence-corrected chi connectivity index (χ2v) is 5.32. The fourth-order valence-corrected chi connectivity index (χ4v) is 2.28. The number of unbranched alkanes of at least 4 members (excludes halogenated alkanes) is 3. The Labute approximate surface area is 121 Å². The smallest absolute Gasteiger partial charge is 0.252 e. The van der Waals surface area contributed by atoms with Crippen molar-refractivity contribution in [1.29, 1.82) is 0 Å². The van der Waals surface area contributed by atoms with Crippen LogP contribution in [0.1, 0.15) is 36.0 Å². The number of nitrogens with one attached hydrogen (secondary N) is 1. The summed E-state index contributed by atoms with van der Waals surface area (Å²) in [7, 11) is 0. The van der Waals surface area contributed by atoms with Gasteiger partial charge in [-0.15, -0.1) is 0 Å². The molecule has 0 saturated carbocycles. The van der Waals surface area contributed by atoms with Crippen LogP contribution in [0.15, 0.2) is 24.3 Å². The van der Waals surface area contributed by atoms with E-state index in [9.17, 15) is 4.79 Å². The number of halogens is 2. The van der Waals surface area contributed by atoms with Crippen LogP contribution in [0.3, 0.4) is 0 Å². The van der Waals surface area contributed by atoms with Crippen LogP contribution >= 0.6 is 34.2 Å². The highest BCUT2D eigenvalue weighted by Gasteiger charge is 2.07. The van der Waals surface area contributed by atoms with Gasteiger partial charge in [0.15, 0.2) is 0 Å². The predicted octanol–water partition coefficient (Wildman–Crippen LogP) is 4.07. The average molecular weight is 366 g/mol. The molecule has 0 fully saturated rings. The minimum Gasteiger partial charge on any atom is -0.352 e. The van der Waals surface area contributed by atoms with Crippen LogP contribution in [0, 0.1) is 0 Å². The van der Waals surface area contributed by atoms with Gasteiger partial charge in [0.2, 0.25) is 0 Å². The van der Waals surface area contributed by atoms with E-state index < -0.39 is 0 Å². The Kier molecular flexibility index (Phi) is 7.60. The lowest BCUT2D eigenvalue weighted by Gasteiger charge is -2.06. The summed E-state index contributed by atoms with van der Waals surface area (Å²) in [6.07, 6.45) is 4.71. The zero-order valence-electron chi connectivity index (χ0n) is 9.72. The number of carbonyl (C=O) groups excluding carboxylic acids is 1. The van der Waals surface area contributed by atoms with E-state index in [0.717, 1.165) is 13.0 Å². The molecule has 1 aromatic carbocycles. The maximum absolute atomic E-state index is 11.8. The molecule has 1 aromatic rings. The molecule has 0 spiro atoms. The topological polar surface area (TPSA) is 29.1 Å². The molecule has 0 saturated heterocycles. The molecule has 17 heavy (non-hydrogen) atoms. The largest absolute Gasteiger partial charge is 0.352 e. The summed E-state index contributed by atoms with van der Waals surface area (Å²) in [6.45, 7) is 0.727. The molecule has 1 amide bonds. The van der Waals surface area contributed by atoms with Crippen LogP contribution in [0.25, 0.3) is 0 Å². The number of hydrogen-bond donors (Lipinski definition) is 1. The van der Waals surface area contributed by atoms with Gasteiger partial charge in [-0.25, -0.2) is 0 Å². The van der Waals surface area contributed by atoms with Gasteiger partial charge in [-0.3, -0.25) is 4.79 Å². The van der Waals surface area contributed by atoms with Crippen molar-refractivity contribution in [3.8, 4) is 0 Å². The Morgan fingerprint density at radius 1 is 1.18 bits per heavy atom. The minimum absolute atomic E-state index is 0.0792. The van der Waals surface area contributed by atoms with Gasteiger partial charge in [0, 0.05) is 6.54 Å². The van der Waals surface area contributed by atoms with Gasteiger partial charge in [-0.2, -0.15) is 0 Å². The predicted molar refractivity (Wildman–Crippen MR) is 81.1 cm³/mol. The first kappa shape index (κ1) is 14.8. The summed E-state index contributed by atoms with van der Waals surface area (Å²) in [5, 5.41) is 3.40. The number of benzene rings is 1. The molecule has 0 heterocycles. The van der Waals surface area contributed by atoms with Crippen molar-refractivity contribution in [2.45, 2.75) is 25.7 Å². The third-order valence-electron chi connectivity index (χ3n) is 2.46. The van der Waals surface area contributed by atoms with Gasteiger partial charge in [-0.05, 0) is 29.4 Å². The van der Waals surface area contributed by atoms with Crippen LogP contribution < -0.4 is 5.32 Å². The lowest BCUT2D eigenvalue weighted by atomic mass is 10.2. The number of hydrogen-bond acceptors (Lipinski definition) is 1. The molecule has 94 valence electrons. The Hall–Kier alpha value is -0.290. The third kappa shape index (κ3) is 5.73. The molecule has 0 atom stereocenters. The van der Waals surface area contributed by atoms with Gasteiger partial charge < -0.3 is 5.32 Å². The number of alkyl halides is 1. The summed E-state index contributed by atoms with van der Waals surface area (Å²) >= 11 is 8.32. The first-order chi connectivity index (χ1) is 8.25. The van der Waals surface area contributed by atoms with Crippen molar-refractivity contribution in [2.24, 2.45) is 0 Å². The highest BCUT2D eigenvalue weighted by molar-refractivity contribution is 14.1. The van der Waals surface area contributed by atoms with E-state index in [1.807, 2.05) is 12.1 Å². The van der Waals surface area contributed by atoms with Crippen LogP contribution in [-0.2, 0) is 0 Å². The van der Waals surface area contributed by atoms with E-state index >= 15 is 0 Å². The molecule has 4 heteroatoms. The second kappa shape index (κ2) is 8.75. The van der Waals surface area contributed by atoms with Crippen LogP contribution in [0.5, 0.6) is 0 Å². The Morgan fingerprint density at radius 2 is 1.88 bits per heavy atom. The minimum atomic E-state index is -0.0792. The number of rotatable bonds is 7. The van der Waals surface area contributed by atoms with Crippen molar-refractivity contribution in [3.63, 3.8) is 0 Å². The first-order valence-electron chi connectivity index (χ1n) is 5.84. The van der Waals surface area contributed by atoms with Crippen molar-refractivity contribution >= 4 is 40.1 Å². The van der Waals surface area contributed by atoms with Gasteiger partial charge >= 0.3 is 0 Å². The maximum Gasteiger partial charge on any atom is 0.252 e. The van der Waals surface area contributed by atoms with Crippen molar-refractivity contribution < 1.29 is 4.79 Å². The zero-order valence-corrected chi connectivity index (χ0v) is 12.6. The quantitative estimate of drug-likeness (QED) is 0.440. The lowest BCUT2D eigenvalue weighted by molar-refractivity contribution is 0.0953. The number of carbonyl (C=O) groups is 1. The monoisotopic (exact) mass is 365 g/mol. The van der Waals surface area contributed by atoms with E-state index in [1.54, 1.807) is 12.1 Å². The van der Waals surface area contributed by atoms with Crippen molar-refractivity contribution in [3.05, 3.63) is 34.9 Å².